The van der Waals surface area contributed by atoms with Gasteiger partial charge in [0.25, 0.3) is 5.91 Å². The summed E-state index contributed by atoms with van der Waals surface area (Å²) in [6.45, 7) is 1.83. The minimum atomic E-state index is -0.244. The Balaban J connectivity index is 1.66. The molecule has 2 heterocycles. The molecule has 28 heavy (non-hydrogen) atoms. The number of pyridine rings is 1. The molecule has 0 aliphatic rings. The highest BCUT2D eigenvalue weighted by molar-refractivity contribution is 7.98. The number of carbonyl (C=O) groups excluding carboxylic acids is 2. The van der Waals surface area contributed by atoms with Crippen molar-refractivity contribution in [3.05, 3.63) is 71.2 Å². The van der Waals surface area contributed by atoms with Crippen molar-refractivity contribution in [3.63, 3.8) is 0 Å². The first-order valence-electron chi connectivity index (χ1n) is 8.66. The number of nitrogens with one attached hydrogen (secondary N) is 2. The Kier molecular flexibility index (Phi) is 6.44. The fraction of sp³-hybridized carbons (Fsp3) is 0.200. The van der Waals surface area contributed by atoms with Gasteiger partial charge in [0.15, 0.2) is 0 Å². The molecule has 2 amide bonds. The van der Waals surface area contributed by atoms with Gasteiger partial charge in [-0.25, -0.2) is 4.98 Å². The van der Waals surface area contributed by atoms with Crippen LogP contribution in [-0.4, -0.2) is 29.0 Å². The minimum absolute atomic E-state index is 0.0592. The molecule has 8 heteroatoms. The van der Waals surface area contributed by atoms with Crippen LogP contribution in [0, 0.1) is 6.92 Å². The molecule has 144 valence electrons. The number of benzene rings is 1. The summed E-state index contributed by atoms with van der Waals surface area (Å²) in [6.07, 6.45) is 1.95. The highest BCUT2D eigenvalue weighted by Crippen LogP contribution is 2.25. The molecular formula is C20H20N4O3S. The van der Waals surface area contributed by atoms with E-state index in [2.05, 4.69) is 20.8 Å². The van der Waals surface area contributed by atoms with Crippen LogP contribution >= 0.6 is 11.8 Å². The Bertz CT molecular complexity index is 970. The van der Waals surface area contributed by atoms with E-state index in [0.717, 1.165) is 17.0 Å². The van der Waals surface area contributed by atoms with Crippen molar-refractivity contribution in [2.75, 3.05) is 12.4 Å². The molecule has 1 aromatic carbocycles. The third-order valence-electron chi connectivity index (χ3n) is 3.90. The van der Waals surface area contributed by atoms with Crippen LogP contribution in [0.3, 0.4) is 0 Å². The van der Waals surface area contributed by atoms with Crippen molar-refractivity contribution in [1.82, 2.24) is 15.5 Å². The van der Waals surface area contributed by atoms with Crippen molar-refractivity contribution in [1.29, 1.82) is 0 Å². The maximum Gasteiger partial charge on any atom is 0.258 e. The Morgan fingerprint density at radius 1 is 1.18 bits per heavy atom. The van der Waals surface area contributed by atoms with E-state index < -0.39 is 0 Å². The summed E-state index contributed by atoms with van der Waals surface area (Å²) < 4.78 is 5.06. The van der Waals surface area contributed by atoms with E-state index in [1.807, 2.05) is 25.1 Å². The number of rotatable bonds is 7. The second-order valence-corrected chi connectivity index (χ2v) is 7.04. The summed E-state index contributed by atoms with van der Waals surface area (Å²) in [5.74, 6) is 1.000. The molecule has 0 aliphatic carbocycles. The third kappa shape index (κ3) is 5.20. The molecule has 0 spiro atoms. The lowest BCUT2D eigenvalue weighted by Gasteiger charge is -2.09. The second kappa shape index (κ2) is 9.18. The van der Waals surface area contributed by atoms with E-state index in [0.29, 0.717) is 28.5 Å². The summed E-state index contributed by atoms with van der Waals surface area (Å²) in [6, 6.07) is 12.5. The number of hydrogen-bond acceptors (Lipinski definition) is 6. The van der Waals surface area contributed by atoms with Crippen LogP contribution in [0.1, 0.15) is 27.4 Å². The van der Waals surface area contributed by atoms with Gasteiger partial charge in [-0.15, -0.1) is 0 Å². The molecule has 2 aromatic heterocycles. The maximum absolute atomic E-state index is 12.7. The fourth-order valence-corrected chi connectivity index (χ4v) is 3.36. The minimum Gasteiger partial charge on any atom is -0.361 e. The van der Waals surface area contributed by atoms with Gasteiger partial charge in [0.05, 0.1) is 17.7 Å². The summed E-state index contributed by atoms with van der Waals surface area (Å²) in [5, 5.41) is 10.0. The fourth-order valence-electron chi connectivity index (χ4n) is 2.49. The molecule has 0 bridgehead atoms. The average Bonchev–Trinajstić information content (AvgIpc) is 3.13. The molecule has 0 aliphatic heterocycles. The Labute approximate surface area is 166 Å². The largest absolute Gasteiger partial charge is 0.361 e. The lowest BCUT2D eigenvalue weighted by Crippen LogP contribution is -2.19. The molecule has 2 N–H and O–H groups in total. The number of aromatic nitrogens is 2. The van der Waals surface area contributed by atoms with E-state index in [-0.39, 0.29) is 11.8 Å². The highest BCUT2D eigenvalue weighted by atomic mass is 32.2. The summed E-state index contributed by atoms with van der Waals surface area (Å²) in [7, 11) is 1.60. The third-order valence-corrected chi connectivity index (χ3v) is 4.94. The van der Waals surface area contributed by atoms with Gasteiger partial charge in [-0.05, 0) is 36.8 Å². The number of likely N-dealkylation sites (N-methyl/N-ethyl adjacent to an activating group) is 1. The predicted octanol–water partition coefficient (Wildman–Crippen LogP) is 3.21. The van der Waals surface area contributed by atoms with Gasteiger partial charge >= 0.3 is 0 Å². The molecule has 3 rings (SSSR count). The standard InChI is InChI=1S/C20H20N4O3S/c1-13-10-16(24-27-13)12-28-20-17(4-3-9-22-20)19(26)23-15-7-5-14(6-8-15)11-18(25)21-2/h3-10H,11-12H2,1-2H3,(H,21,25)(H,23,26). The first-order valence-corrected chi connectivity index (χ1v) is 9.64. The van der Waals surface area contributed by atoms with Gasteiger partial charge in [0.2, 0.25) is 5.91 Å². The topological polar surface area (TPSA) is 97.1 Å². The van der Waals surface area contributed by atoms with Crippen LogP contribution in [0.5, 0.6) is 0 Å². The van der Waals surface area contributed by atoms with Gasteiger partial charge in [0, 0.05) is 30.8 Å². The summed E-state index contributed by atoms with van der Waals surface area (Å²) in [4.78, 5) is 28.4. The van der Waals surface area contributed by atoms with Crippen molar-refractivity contribution in [3.8, 4) is 0 Å². The van der Waals surface area contributed by atoms with Crippen LogP contribution in [0.25, 0.3) is 0 Å². The van der Waals surface area contributed by atoms with Gasteiger partial charge < -0.3 is 15.2 Å². The number of anilines is 1. The molecule has 0 unspecified atom stereocenters. The number of thioether (sulfide) groups is 1. The van der Waals surface area contributed by atoms with Crippen LogP contribution in [0.2, 0.25) is 0 Å². The highest BCUT2D eigenvalue weighted by Gasteiger charge is 2.14. The smallest absolute Gasteiger partial charge is 0.258 e. The van der Waals surface area contributed by atoms with Crippen molar-refractivity contribution in [2.24, 2.45) is 0 Å². The normalized spacial score (nSPS) is 10.5. The number of nitrogens with zero attached hydrogens (tertiary/aromatic N) is 2. The first-order chi connectivity index (χ1) is 13.5. The molecular weight excluding hydrogens is 376 g/mol. The Morgan fingerprint density at radius 2 is 1.96 bits per heavy atom. The van der Waals surface area contributed by atoms with Crippen molar-refractivity contribution in [2.45, 2.75) is 24.1 Å². The van der Waals surface area contributed by atoms with Crippen LogP contribution in [0.15, 0.2) is 58.2 Å². The lowest BCUT2D eigenvalue weighted by atomic mass is 10.1. The zero-order valence-electron chi connectivity index (χ0n) is 15.6. The van der Waals surface area contributed by atoms with Crippen LogP contribution < -0.4 is 10.6 Å². The van der Waals surface area contributed by atoms with Gasteiger partial charge in [-0.3, -0.25) is 9.59 Å². The zero-order chi connectivity index (χ0) is 19.9. The van der Waals surface area contributed by atoms with E-state index in [1.165, 1.54) is 11.8 Å². The van der Waals surface area contributed by atoms with Gasteiger partial charge in [-0.1, -0.05) is 29.1 Å². The number of amides is 2. The lowest BCUT2D eigenvalue weighted by molar-refractivity contribution is -0.119. The molecule has 0 atom stereocenters. The zero-order valence-corrected chi connectivity index (χ0v) is 16.4. The Hall–Kier alpha value is -3.13. The van der Waals surface area contributed by atoms with E-state index >= 15 is 0 Å². The van der Waals surface area contributed by atoms with E-state index in [1.54, 1.807) is 37.5 Å². The molecule has 0 saturated heterocycles. The number of aryl methyl sites for hydroxylation is 1. The summed E-state index contributed by atoms with van der Waals surface area (Å²) >= 11 is 1.43. The Morgan fingerprint density at radius 3 is 2.64 bits per heavy atom. The van der Waals surface area contributed by atoms with Crippen LogP contribution in [-0.2, 0) is 17.0 Å². The molecule has 3 aromatic rings. The number of hydrogen-bond donors (Lipinski definition) is 2. The van der Waals surface area contributed by atoms with E-state index in [9.17, 15) is 9.59 Å². The van der Waals surface area contributed by atoms with Crippen molar-refractivity contribution >= 4 is 29.3 Å². The molecule has 0 fully saturated rings. The first kappa shape index (κ1) is 19.6. The molecule has 7 nitrogen and oxygen atoms in total. The van der Waals surface area contributed by atoms with Crippen molar-refractivity contribution < 1.29 is 14.1 Å². The van der Waals surface area contributed by atoms with Gasteiger partial charge in [0.1, 0.15) is 10.8 Å². The molecule has 0 radical (unpaired) electrons. The summed E-state index contributed by atoms with van der Waals surface area (Å²) in [5.41, 5.74) is 2.81. The SMILES string of the molecule is CNC(=O)Cc1ccc(NC(=O)c2cccnc2SCc2cc(C)on2)cc1. The second-order valence-electron chi connectivity index (χ2n) is 6.07. The maximum atomic E-state index is 12.7. The average molecular weight is 396 g/mol. The molecule has 0 saturated carbocycles. The number of carbonyl (C=O) groups is 2. The quantitative estimate of drug-likeness (QED) is 0.595. The predicted molar refractivity (Wildman–Crippen MR) is 107 cm³/mol. The monoisotopic (exact) mass is 396 g/mol. The van der Waals surface area contributed by atoms with Gasteiger partial charge in [-0.2, -0.15) is 0 Å². The van der Waals surface area contributed by atoms with E-state index in [4.69, 9.17) is 4.52 Å². The van der Waals surface area contributed by atoms with Crippen LogP contribution in [0.4, 0.5) is 5.69 Å².